The van der Waals surface area contributed by atoms with E-state index in [1.54, 1.807) is 64.2 Å². The highest BCUT2D eigenvalue weighted by Crippen LogP contribution is 2.47. The molecular weight excluding hydrogens is 1140 g/mol. The summed E-state index contributed by atoms with van der Waals surface area (Å²) in [5.74, 6) is 16.4. The Hall–Kier alpha value is -2.86. The second-order valence-corrected chi connectivity index (χ2v) is 33.6. The van der Waals surface area contributed by atoms with Gasteiger partial charge in [-0.15, -0.1) is 13.2 Å². The van der Waals surface area contributed by atoms with Crippen LogP contribution in [0.1, 0.15) is 368 Å². The van der Waals surface area contributed by atoms with Gasteiger partial charge in [0.05, 0.1) is 0 Å². The maximum Gasteiger partial charge on any atom is -0.0184 e. The first-order chi connectivity index (χ1) is 46.6. The van der Waals surface area contributed by atoms with E-state index in [9.17, 15) is 0 Å². The van der Waals surface area contributed by atoms with Crippen molar-refractivity contribution in [2.45, 2.75) is 370 Å². The van der Waals surface area contributed by atoms with E-state index in [2.05, 4.69) is 166 Å². The maximum absolute atomic E-state index is 3.97. The molecule has 538 valence electrons. The number of allylic oxidation sites excluding steroid dienone is 8. The Labute approximate surface area is 593 Å². The van der Waals surface area contributed by atoms with Crippen LogP contribution in [0.3, 0.4) is 0 Å². The fourth-order valence-electron chi connectivity index (χ4n) is 20.2. The zero-order chi connectivity index (χ0) is 67.5. The number of benzene rings is 2. The molecule has 2 aromatic carbocycles. The summed E-state index contributed by atoms with van der Waals surface area (Å²) >= 11 is 0. The molecule has 0 atom stereocenters. The lowest BCUT2D eigenvalue weighted by atomic mass is 9.68. The van der Waals surface area contributed by atoms with Gasteiger partial charge in [-0.1, -0.05) is 279 Å². The lowest BCUT2D eigenvalue weighted by molar-refractivity contribution is 0.151. The highest BCUT2D eigenvalue weighted by atomic mass is 14.4. The molecule has 0 spiro atoms. The van der Waals surface area contributed by atoms with E-state index in [1.165, 1.54) is 260 Å². The molecule has 0 aliphatic heterocycles. The van der Waals surface area contributed by atoms with E-state index in [-0.39, 0.29) is 0 Å². The zero-order valence-corrected chi connectivity index (χ0v) is 64.5. The van der Waals surface area contributed by atoms with Crippen LogP contribution < -0.4 is 0 Å². The predicted octanol–water partition coefficient (Wildman–Crippen LogP) is 31.0. The summed E-state index contributed by atoms with van der Waals surface area (Å²) in [7, 11) is 0. The van der Waals surface area contributed by atoms with Gasteiger partial charge in [0, 0.05) is 0 Å². The molecule has 95 heavy (non-hydrogen) atoms. The number of hydrogen-bond donors (Lipinski definition) is 0. The van der Waals surface area contributed by atoms with Crippen LogP contribution in [-0.4, -0.2) is 0 Å². The molecule has 0 nitrogen and oxygen atoms in total. The molecule has 0 heteroatoms. The Bertz CT molecular complexity index is 2220. The molecule has 0 unspecified atom stereocenters. The molecule has 0 heterocycles. The van der Waals surface area contributed by atoms with Crippen LogP contribution >= 0.6 is 0 Å². The van der Waals surface area contributed by atoms with Crippen molar-refractivity contribution in [1.29, 1.82) is 0 Å². The highest BCUT2D eigenvalue weighted by molar-refractivity contribution is 5.63. The topological polar surface area (TPSA) is 0 Å². The lowest BCUT2D eigenvalue weighted by Crippen LogP contribution is -2.25. The van der Waals surface area contributed by atoms with Crippen LogP contribution in [0.4, 0.5) is 0 Å². The van der Waals surface area contributed by atoms with Gasteiger partial charge in [-0.05, 0) is 306 Å². The molecule has 2 aromatic rings. The minimum absolute atomic E-state index is 0.835. The summed E-state index contributed by atoms with van der Waals surface area (Å²) in [4.78, 5) is 0. The molecule has 0 N–H and O–H groups in total. The van der Waals surface area contributed by atoms with E-state index < -0.39 is 0 Å². The monoisotopic (exact) mass is 1300 g/mol. The van der Waals surface area contributed by atoms with Crippen molar-refractivity contribution < 1.29 is 0 Å². The Morgan fingerprint density at radius 3 is 0.916 bits per heavy atom. The number of unbranched alkanes of at least 4 members (excludes halogenated alkanes) is 6. The Balaban J connectivity index is 0.000000188. The smallest absolute Gasteiger partial charge is 0.0184 e. The predicted molar refractivity (Wildman–Crippen MR) is 425 cm³/mol. The quantitative estimate of drug-likeness (QED) is 0.0618. The van der Waals surface area contributed by atoms with Crippen molar-refractivity contribution in [1.82, 2.24) is 0 Å². The molecule has 0 aromatic heterocycles. The molecule has 0 radical (unpaired) electrons. The summed E-state index contributed by atoms with van der Waals surface area (Å²) in [6, 6.07) is 17.6. The van der Waals surface area contributed by atoms with E-state index in [1.807, 2.05) is 0 Å². The van der Waals surface area contributed by atoms with E-state index >= 15 is 0 Å². The first-order valence-corrected chi connectivity index (χ1v) is 42.9. The Morgan fingerprint density at radius 1 is 0.316 bits per heavy atom. The minimum atomic E-state index is 0.835. The normalized spacial score (nSPS) is 31.3. The third-order valence-corrected chi connectivity index (χ3v) is 26.8. The molecular formula is C95H158. The summed E-state index contributed by atoms with van der Waals surface area (Å²) < 4.78 is 0. The zero-order valence-electron chi connectivity index (χ0n) is 64.5. The molecule has 0 saturated heterocycles. The average molecular weight is 1300 g/mol. The maximum atomic E-state index is 3.97. The van der Waals surface area contributed by atoms with Gasteiger partial charge in [-0.25, -0.2) is 0 Å². The summed E-state index contributed by atoms with van der Waals surface area (Å²) in [5, 5.41) is 0. The van der Waals surface area contributed by atoms with Gasteiger partial charge in [-0.2, -0.15) is 0 Å². The molecule has 8 fully saturated rings. The van der Waals surface area contributed by atoms with Crippen molar-refractivity contribution in [2.75, 3.05) is 0 Å². The SMILES string of the molecule is C/C=C/C1CCC(C2CCC(CCCCC)CC2)CC1.C/C=C/CCc1ccc(-c2ccc(C)cc2)cc1.C=CC1CCC(C2CCC(CCC)CC2)CC1.C=CC1CCC(C2CCC(CCCCC)CC2)CC1.CC/C=C/C1CCC(C2CCC(CCCCC)CC2)CC1. The third kappa shape index (κ3) is 31.7. The van der Waals surface area contributed by atoms with Gasteiger partial charge < -0.3 is 0 Å². The summed E-state index contributed by atoms with van der Waals surface area (Å²) in [6.07, 6.45) is 90.4. The minimum Gasteiger partial charge on any atom is -0.103 e. The van der Waals surface area contributed by atoms with Gasteiger partial charge in [0.2, 0.25) is 0 Å². The fraction of sp³-hybridized carbons (Fsp3) is 0.768. The first-order valence-electron chi connectivity index (χ1n) is 42.9. The molecule has 10 rings (SSSR count). The Kier molecular flexibility index (Phi) is 42.4. The van der Waals surface area contributed by atoms with Crippen LogP contribution in [0.25, 0.3) is 11.1 Å². The van der Waals surface area contributed by atoms with E-state index in [0.29, 0.717) is 0 Å². The molecule has 8 aliphatic rings. The largest absolute Gasteiger partial charge is 0.103 e. The van der Waals surface area contributed by atoms with Crippen LogP contribution in [-0.2, 0) is 6.42 Å². The standard InChI is InChI=1S/C21H38.C20H36.C19H34.C18H20.C17H30/c1-3-5-7-9-19-12-16-21(17-13-19)20-14-10-18(11-15-20)8-6-4-2;1-3-5-6-8-18-11-15-20(16-12-18)19-13-9-17(7-4-2)10-14-19;1-3-5-6-7-17-10-14-19(15-11-17)18-12-8-16(4-2)9-13-18;1-3-4-5-6-16-9-13-18(14-10-16)17-11-7-15(2)8-12-17;1-3-5-15-8-12-17(13-9-15)16-10-6-14(4-2)7-11-16/h6,8,18-21H,3-5,7,9-17H2,1-2H3;4,7,17-20H,3,5-6,8-16H2,1-2H3;4,16-19H,2-3,5-15H2,1H3;3-4,7-14H,5-6H2,1-2H3;4,14-17H,2-3,5-13H2,1H3/b8-6+;7-4+;;4-3+;. The lowest BCUT2D eigenvalue weighted by Gasteiger charge is -2.37. The van der Waals surface area contributed by atoms with Gasteiger partial charge >= 0.3 is 0 Å². The molecule has 0 amide bonds. The van der Waals surface area contributed by atoms with Crippen molar-refractivity contribution in [3.63, 3.8) is 0 Å². The van der Waals surface area contributed by atoms with E-state index in [4.69, 9.17) is 0 Å². The third-order valence-electron chi connectivity index (χ3n) is 26.8. The second kappa shape index (κ2) is 49.6. The summed E-state index contributed by atoms with van der Waals surface area (Å²) in [6.45, 7) is 25.8. The number of hydrogen-bond acceptors (Lipinski definition) is 0. The van der Waals surface area contributed by atoms with Crippen molar-refractivity contribution in [2.24, 2.45) is 94.7 Å². The van der Waals surface area contributed by atoms with Crippen LogP contribution in [0.2, 0.25) is 0 Å². The van der Waals surface area contributed by atoms with E-state index in [0.717, 1.165) is 108 Å². The fourth-order valence-corrected chi connectivity index (χ4v) is 20.2. The van der Waals surface area contributed by atoms with Crippen molar-refractivity contribution >= 4 is 0 Å². The summed E-state index contributed by atoms with van der Waals surface area (Å²) in [5.41, 5.74) is 5.30. The molecule has 8 saturated carbocycles. The van der Waals surface area contributed by atoms with Crippen LogP contribution in [0.5, 0.6) is 0 Å². The first kappa shape index (κ1) is 81.1. The molecule has 8 aliphatic carbocycles. The molecule has 0 bridgehead atoms. The van der Waals surface area contributed by atoms with Gasteiger partial charge in [0.1, 0.15) is 0 Å². The van der Waals surface area contributed by atoms with Crippen molar-refractivity contribution in [3.05, 3.63) is 121 Å². The van der Waals surface area contributed by atoms with Crippen molar-refractivity contribution in [3.8, 4) is 11.1 Å². The average Bonchev–Trinajstić information content (AvgIpc) is 3.74. The van der Waals surface area contributed by atoms with Gasteiger partial charge in [0.25, 0.3) is 0 Å². The van der Waals surface area contributed by atoms with Gasteiger partial charge in [-0.3, -0.25) is 0 Å². The number of rotatable bonds is 27. The van der Waals surface area contributed by atoms with Crippen LogP contribution in [0.15, 0.2) is 110 Å². The second-order valence-electron chi connectivity index (χ2n) is 33.6. The van der Waals surface area contributed by atoms with Crippen LogP contribution in [0, 0.1) is 102 Å². The highest BCUT2D eigenvalue weighted by Gasteiger charge is 2.34. The van der Waals surface area contributed by atoms with Gasteiger partial charge in [0.15, 0.2) is 0 Å². The number of aryl methyl sites for hydroxylation is 2. The Morgan fingerprint density at radius 2 is 0.621 bits per heavy atom.